The molecule has 7 nitrogen and oxygen atoms in total. The highest BCUT2D eigenvalue weighted by atomic mass is 19.1. The Hall–Kier alpha value is -2.58. The van der Waals surface area contributed by atoms with Gasteiger partial charge in [-0.25, -0.2) is 4.39 Å². The van der Waals surface area contributed by atoms with Gasteiger partial charge in [-0.3, -0.25) is 9.69 Å². The van der Waals surface area contributed by atoms with Gasteiger partial charge in [-0.15, -0.1) is 10.2 Å². The number of amides is 1. The Morgan fingerprint density at radius 3 is 2.56 bits per heavy atom. The van der Waals surface area contributed by atoms with Crippen LogP contribution in [0.4, 0.5) is 10.2 Å². The zero-order chi connectivity index (χ0) is 18.9. The van der Waals surface area contributed by atoms with Crippen LogP contribution in [0.2, 0.25) is 0 Å². The topological polar surface area (TPSA) is 79.4 Å². The third-order valence-corrected chi connectivity index (χ3v) is 4.35. The minimum Gasteiger partial charge on any atom is -0.379 e. The van der Waals surface area contributed by atoms with Crippen LogP contribution in [0.25, 0.3) is 0 Å². The first-order chi connectivity index (χ1) is 13.2. The normalized spacial score (nSPS) is 14.7. The number of carbonyl (C=O) groups is 1. The van der Waals surface area contributed by atoms with Gasteiger partial charge in [-0.2, -0.15) is 0 Å². The summed E-state index contributed by atoms with van der Waals surface area (Å²) in [5.41, 5.74) is 1.33. The number of hydrogen-bond acceptors (Lipinski definition) is 6. The van der Waals surface area contributed by atoms with Crippen molar-refractivity contribution in [1.82, 2.24) is 20.4 Å². The van der Waals surface area contributed by atoms with E-state index in [9.17, 15) is 9.18 Å². The average Bonchev–Trinajstić information content (AvgIpc) is 2.71. The van der Waals surface area contributed by atoms with E-state index >= 15 is 0 Å². The fourth-order valence-corrected chi connectivity index (χ4v) is 2.78. The predicted molar refractivity (Wildman–Crippen MR) is 100 cm³/mol. The third kappa shape index (κ3) is 6.26. The van der Waals surface area contributed by atoms with Crippen molar-refractivity contribution in [2.45, 2.75) is 6.42 Å². The summed E-state index contributed by atoms with van der Waals surface area (Å²) < 4.78 is 18.2. The molecule has 0 aliphatic carbocycles. The minimum atomic E-state index is -0.239. The number of rotatable bonds is 8. The molecule has 8 heteroatoms. The van der Waals surface area contributed by atoms with Crippen molar-refractivity contribution in [1.29, 1.82) is 0 Å². The Labute approximate surface area is 157 Å². The lowest BCUT2D eigenvalue weighted by atomic mass is 10.1. The largest absolute Gasteiger partial charge is 0.379 e. The second-order valence-electron chi connectivity index (χ2n) is 6.32. The maximum atomic E-state index is 12.9. The lowest BCUT2D eigenvalue weighted by Crippen LogP contribution is -2.41. The van der Waals surface area contributed by atoms with E-state index in [1.54, 1.807) is 24.3 Å². The number of nitrogens with zero attached hydrogens (tertiary/aromatic N) is 3. The zero-order valence-electron chi connectivity index (χ0n) is 15.2. The number of halogens is 1. The molecule has 0 radical (unpaired) electrons. The fourth-order valence-electron chi connectivity index (χ4n) is 2.78. The van der Waals surface area contributed by atoms with Crippen molar-refractivity contribution in [3.63, 3.8) is 0 Å². The van der Waals surface area contributed by atoms with E-state index in [2.05, 4.69) is 25.7 Å². The molecule has 0 saturated carbocycles. The summed E-state index contributed by atoms with van der Waals surface area (Å²) in [5, 5.41) is 14.0. The number of hydrogen-bond donors (Lipinski definition) is 2. The molecule has 144 valence electrons. The van der Waals surface area contributed by atoms with Crippen molar-refractivity contribution < 1.29 is 13.9 Å². The molecular weight excluding hydrogens is 349 g/mol. The number of nitrogens with one attached hydrogen (secondary N) is 2. The molecule has 1 aliphatic rings. The van der Waals surface area contributed by atoms with Crippen LogP contribution in [-0.4, -0.2) is 66.9 Å². The van der Waals surface area contributed by atoms with Crippen LogP contribution in [0.1, 0.15) is 16.1 Å². The van der Waals surface area contributed by atoms with E-state index in [0.717, 1.165) is 44.8 Å². The summed E-state index contributed by atoms with van der Waals surface area (Å²) in [6.07, 6.45) is 0.742. The summed E-state index contributed by atoms with van der Waals surface area (Å²) in [6.45, 7) is 5.29. The summed E-state index contributed by atoms with van der Waals surface area (Å²) in [6, 6.07) is 9.79. The molecule has 2 heterocycles. The summed E-state index contributed by atoms with van der Waals surface area (Å²) >= 11 is 0. The first-order valence-electron chi connectivity index (χ1n) is 9.11. The Bertz CT molecular complexity index is 718. The number of morpholine rings is 1. The van der Waals surface area contributed by atoms with Gasteiger partial charge in [0, 0.05) is 32.7 Å². The standard InChI is InChI=1S/C19H24FN5O2/c20-16-3-1-15(2-4-16)7-8-21-18-6-5-17(23-24-18)19(26)22-9-10-25-11-13-27-14-12-25/h1-6H,7-14H2,(H,21,24)(H,22,26). The zero-order valence-corrected chi connectivity index (χ0v) is 15.2. The van der Waals surface area contributed by atoms with Gasteiger partial charge in [0.25, 0.3) is 5.91 Å². The van der Waals surface area contributed by atoms with E-state index in [-0.39, 0.29) is 11.7 Å². The highest BCUT2D eigenvalue weighted by Gasteiger charge is 2.12. The first kappa shape index (κ1) is 19.2. The van der Waals surface area contributed by atoms with E-state index in [1.165, 1.54) is 12.1 Å². The van der Waals surface area contributed by atoms with Crippen LogP contribution in [0.3, 0.4) is 0 Å². The second-order valence-corrected chi connectivity index (χ2v) is 6.32. The van der Waals surface area contributed by atoms with Crippen LogP contribution in [-0.2, 0) is 11.2 Å². The maximum absolute atomic E-state index is 12.9. The van der Waals surface area contributed by atoms with E-state index in [1.807, 2.05) is 0 Å². The molecule has 2 N–H and O–H groups in total. The molecule has 1 saturated heterocycles. The number of carbonyl (C=O) groups excluding carboxylic acids is 1. The SMILES string of the molecule is O=C(NCCN1CCOCC1)c1ccc(NCCc2ccc(F)cc2)nn1. The lowest BCUT2D eigenvalue weighted by Gasteiger charge is -2.26. The van der Waals surface area contributed by atoms with Gasteiger partial charge in [-0.1, -0.05) is 12.1 Å². The third-order valence-electron chi connectivity index (χ3n) is 4.35. The molecule has 0 spiro atoms. The van der Waals surface area contributed by atoms with Crippen LogP contribution < -0.4 is 10.6 Å². The number of benzene rings is 1. The molecular formula is C19H24FN5O2. The molecule has 1 amide bonds. The molecule has 1 fully saturated rings. The van der Waals surface area contributed by atoms with Crippen molar-refractivity contribution in [2.75, 3.05) is 51.3 Å². The maximum Gasteiger partial charge on any atom is 0.271 e. The van der Waals surface area contributed by atoms with E-state index in [4.69, 9.17) is 4.74 Å². The molecule has 0 unspecified atom stereocenters. The molecule has 3 rings (SSSR count). The molecule has 1 aromatic heterocycles. The van der Waals surface area contributed by atoms with Crippen molar-refractivity contribution >= 4 is 11.7 Å². The average molecular weight is 373 g/mol. The summed E-state index contributed by atoms with van der Waals surface area (Å²) in [5.74, 6) is 0.131. The number of ether oxygens (including phenoxy) is 1. The Balaban J connectivity index is 1.38. The molecule has 0 atom stereocenters. The molecule has 1 aromatic carbocycles. The van der Waals surface area contributed by atoms with Gasteiger partial charge in [0.15, 0.2) is 5.69 Å². The fraction of sp³-hybridized carbons (Fsp3) is 0.421. The molecule has 27 heavy (non-hydrogen) atoms. The van der Waals surface area contributed by atoms with Crippen molar-refractivity contribution in [3.05, 3.63) is 53.5 Å². The predicted octanol–water partition coefficient (Wildman–Crippen LogP) is 1.33. The second kappa shape index (κ2) is 9.94. The van der Waals surface area contributed by atoms with Crippen LogP contribution >= 0.6 is 0 Å². The smallest absolute Gasteiger partial charge is 0.271 e. The van der Waals surface area contributed by atoms with Gasteiger partial charge in [0.1, 0.15) is 11.6 Å². The lowest BCUT2D eigenvalue weighted by molar-refractivity contribution is 0.0383. The first-order valence-corrected chi connectivity index (χ1v) is 9.11. The number of aromatic nitrogens is 2. The Kier molecular flexibility index (Phi) is 7.06. The van der Waals surface area contributed by atoms with Gasteiger partial charge in [0.05, 0.1) is 13.2 Å². The van der Waals surface area contributed by atoms with Gasteiger partial charge in [0.2, 0.25) is 0 Å². The Morgan fingerprint density at radius 1 is 1.07 bits per heavy atom. The minimum absolute atomic E-state index is 0.228. The monoisotopic (exact) mass is 373 g/mol. The van der Waals surface area contributed by atoms with Gasteiger partial charge in [-0.05, 0) is 36.2 Å². The quantitative estimate of drug-likeness (QED) is 0.727. The molecule has 2 aromatic rings. The number of anilines is 1. The summed E-state index contributed by atoms with van der Waals surface area (Å²) in [7, 11) is 0. The van der Waals surface area contributed by atoms with E-state index < -0.39 is 0 Å². The highest BCUT2D eigenvalue weighted by Crippen LogP contribution is 2.06. The van der Waals surface area contributed by atoms with Gasteiger partial charge >= 0.3 is 0 Å². The van der Waals surface area contributed by atoms with Crippen LogP contribution in [0, 0.1) is 5.82 Å². The molecule has 1 aliphatic heterocycles. The van der Waals surface area contributed by atoms with Crippen molar-refractivity contribution in [3.8, 4) is 0 Å². The van der Waals surface area contributed by atoms with Crippen molar-refractivity contribution in [2.24, 2.45) is 0 Å². The van der Waals surface area contributed by atoms with Gasteiger partial charge < -0.3 is 15.4 Å². The molecule has 0 bridgehead atoms. The van der Waals surface area contributed by atoms with Crippen LogP contribution in [0.15, 0.2) is 36.4 Å². The highest BCUT2D eigenvalue weighted by molar-refractivity contribution is 5.92. The van der Waals surface area contributed by atoms with Crippen LogP contribution in [0.5, 0.6) is 0 Å². The summed E-state index contributed by atoms with van der Waals surface area (Å²) in [4.78, 5) is 14.4. The van der Waals surface area contributed by atoms with E-state index in [0.29, 0.717) is 24.6 Å². The Morgan fingerprint density at radius 2 is 1.85 bits per heavy atom.